The lowest BCUT2D eigenvalue weighted by molar-refractivity contribution is -0.558. The smallest absolute Gasteiger partial charge is 0.320 e. The summed E-state index contributed by atoms with van der Waals surface area (Å²) in [6.45, 7) is -0.733. The van der Waals surface area contributed by atoms with E-state index in [0.717, 1.165) is 0 Å². The molecule has 0 radical (unpaired) electrons. The molecule has 0 aliphatic carbocycles. The van der Waals surface area contributed by atoms with Gasteiger partial charge in [-0.25, -0.2) is 0 Å². The van der Waals surface area contributed by atoms with E-state index in [9.17, 15) is 20.2 Å². The van der Waals surface area contributed by atoms with Crippen molar-refractivity contribution in [2.45, 2.75) is 21.5 Å². The Hall–Kier alpha value is -1.18. The summed E-state index contributed by atoms with van der Waals surface area (Å²) in [5.74, 6) is 0. The van der Waals surface area contributed by atoms with Gasteiger partial charge in [-0.15, -0.1) is 0 Å². The summed E-state index contributed by atoms with van der Waals surface area (Å²) in [5, 5.41) is 22.1. The van der Waals surface area contributed by atoms with Crippen LogP contribution in [-0.4, -0.2) is 45.2 Å². The van der Waals surface area contributed by atoms with Crippen LogP contribution in [0.5, 0.6) is 0 Å². The Kier molecular flexibility index (Phi) is 5.61. The van der Waals surface area contributed by atoms with Crippen LogP contribution in [0.15, 0.2) is 24.3 Å². The van der Waals surface area contributed by atoms with Gasteiger partial charge in [-0.05, 0) is 0 Å². The van der Waals surface area contributed by atoms with E-state index < -0.39 is 31.3 Å². The second kappa shape index (κ2) is 7.44. The van der Waals surface area contributed by atoms with Crippen LogP contribution in [0.2, 0.25) is 0 Å². The number of rotatable bonds is 4. The maximum Gasteiger partial charge on any atom is 0.320 e. The molecule has 1 aromatic carbocycles. The van der Waals surface area contributed by atoms with Crippen LogP contribution in [-0.2, 0) is 18.9 Å². The summed E-state index contributed by atoms with van der Waals surface area (Å²) in [4.78, 5) is 21.1. The first-order valence-electron chi connectivity index (χ1n) is 7.47. The van der Waals surface area contributed by atoms with Crippen molar-refractivity contribution in [3.8, 4) is 0 Å². The van der Waals surface area contributed by atoms with Crippen LogP contribution >= 0.6 is 31.9 Å². The molecule has 2 fully saturated rings. The SMILES string of the molecule is O=[N+]([O-])C1(Br)COC(c2ccccc2C2OCC(Br)([N+](=O)[O-])CO2)OC1. The minimum Gasteiger partial charge on any atom is -0.340 e. The van der Waals surface area contributed by atoms with Crippen LogP contribution in [0.25, 0.3) is 0 Å². The first-order chi connectivity index (χ1) is 12.3. The number of nitro groups is 2. The molecule has 2 saturated heterocycles. The number of ether oxygens (including phenoxy) is 4. The van der Waals surface area contributed by atoms with E-state index in [1.54, 1.807) is 24.3 Å². The quantitative estimate of drug-likeness (QED) is 0.269. The van der Waals surface area contributed by atoms with Gasteiger partial charge >= 0.3 is 8.90 Å². The summed E-state index contributed by atoms with van der Waals surface area (Å²) < 4.78 is 19.1. The Morgan fingerprint density at radius 3 is 1.38 bits per heavy atom. The van der Waals surface area contributed by atoms with Gasteiger partial charge in [0.15, 0.2) is 12.6 Å². The Labute approximate surface area is 164 Å². The molecule has 0 atom stereocenters. The molecule has 0 amide bonds. The number of hydrogen-bond donors (Lipinski definition) is 0. The van der Waals surface area contributed by atoms with E-state index in [4.69, 9.17) is 18.9 Å². The van der Waals surface area contributed by atoms with Crippen LogP contribution in [0.3, 0.4) is 0 Å². The van der Waals surface area contributed by atoms with Crippen molar-refractivity contribution in [1.29, 1.82) is 0 Å². The van der Waals surface area contributed by atoms with E-state index in [-0.39, 0.29) is 26.4 Å². The van der Waals surface area contributed by atoms with Crippen molar-refractivity contribution >= 4 is 31.9 Å². The third kappa shape index (κ3) is 3.75. The van der Waals surface area contributed by atoms with Crippen molar-refractivity contribution < 1.29 is 28.8 Å². The molecule has 2 aliphatic heterocycles. The molecule has 142 valence electrons. The Balaban J connectivity index is 1.74. The third-order valence-electron chi connectivity index (χ3n) is 3.98. The summed E-state index contributed by atoms with van der Waals surface area (Å²) in [6, 6.07) is 6.96. The average molecular weight is 498 g/mol. The van der Waals surface area contributed by atoms with Gasteiger partial charge in [-0.3, -0.25) is 20.2 Å². The second-order valence-corrected chi connectivity index (χ2v) is 8.84. The summed E-state index contributed by atoms with van der Waals surface area (Å²) in [6.07, 6.45) is -1.68. The molecule has 0 saturated carbocycles. The van der Waals surface area contributed by atoms with Crippen molar-refractivity contribution in [2.75, 3.05) is 26.4 Å². The minimum atomic E-state index is -1.49. The molecule has 26 heavy (non-hydrogen) atoms. The first-order valence-corrected chi connectivity index (χ1v) is 9.06. The molecule has 0 spiro atoms. The molecule has 10 nitrogen and oxygen atoms in total. The molecular formula is C14H14Br2N2O8. The molecule has 0 aromatic heterocycles. The predicted molar refractivity (Wildman–Crippen MR) is 93.0 cm³/mol. The van der Waals surface area contributed by atoms with Crippen molar-refractivity contribution in [3.05, 3.63) is 55.6 Å². The zero-order valence-electron chi connectivity index (χ0n) is 13.2. The van der Waals surface area contributed by atoms with Gasteiger partial charge < -0.3 is 18.9 Å². The standard InChI is InChI=1S/C14H14Br2N2O8/c15-13(17(19)20)5-23-11(24-6-13)9-3-1-2-4-10(9)12-25-7-14(16,8-26-12)18(21)22/h1-4,11-12H,5-8H2. The van der Waals surface area contributed by atoms with Crippen molar-refractivity contribution in [1.82, 2.24) is 0 Å². The van der Waals surface area contributed by atoms with E-state index in [2.05, 4.69) is 31.9 Å². The predicted octanol–water partition coefficient (Wildman–Crippen LogP) is 2.51. The fraction of sp³-hybridized carbons (Fsp3) is 0.571. The van der Waals surface area contributed by atoms with E-state index in [1.807, 2.05) is 0 Å². The highest BCUT2D eigenvalue weighted by Gasteiger charge is 2.48. The van der Waals surface area contributed by atoms with Gasteiger partial charge in [0.1, 0.15) is 26.4 Å². The minimum absolute atomic E-state index is 0.183. The average Bonchev–Trinajstić information content (AvgIpc) is 2.63. The highest BCUT2D eigenvalue weighted by atomic mass is 79.9. The maximum absolute atomic E-state index is 11.0. The normalized spacial score (nSPS) is 35.0. The Bertz CT molecular complexity index is 643. The summed E-state index contributed by atoms with van der Waals surface area (Å²) in [5.41, 5.74) is 1.16. The number of benzene rings is 1. The molecule has 2 aliphatic rings. The molecule has 0 N–H and O–H groups in total. The molecule has 2 heterocycles. The largest absolute Gasteiger partial charge is 0.340 e. The van der Waals surface area contributed by atoms with Gasteiger partial charge in [0.05, 0.1) is 0 Å². The van der Waals surface area contributed by atoms with Gasteiger partial charge in [0, 0.05) is 52.8 Å². The van der Waals surface area contributed by atoms with Gasteiger partial charge in [0.2, 0.25) is 0 Å². The lowest BCUT2D eigenvalue weighted by Crippen LogP contribution is -2.47. The number of hydrogen-bond acceptors (Lipinski definition) is 8. The molecule has 0 bridgehead atoms. The van der Waals surface area contributed by atoms with Crippen molar-refractivity contribution in [3.63, 3.8) is 0 Å². The van der Waals surface area contributed by atoms with Crippen LogP contribution in [0.1, 0.15) is 23.7 Å². The van der Waals surface area contributed by atoms with Gasteiger partial charge in [0.25, 0.3) is 0 Å². The molecule has 12 heteroatoms. The third-order valence-corrected chi connectivity index (χ3v) is 5.48. The lowest BCUT2D eigenvalue weighted by Gasteiger charge is -2.34. The monoisotopic (exact) mass is 496 g/mol. The highest BCUT2D eigenvalue weighted by Crippen LogP contribution is 2.38. The molecule has 1 aromatic rings. The number of alkyl halides is 2. The Morgan fingerprint density at radius 1 is 0.808 bits per heavy atom. The number of halogens is 2. The van der Waals surface area contributed by atoms with Gasteiger partial charge in [-0.1, -0.05) is 24.3 Å². The van der Waals surface area contributed by atoms with E-state index in [0.29, 0.717) is 11.1 Å². The van der Waals surface area contributed by atoms with Crippen LogP contribution in [0.4, 0.5) is 0 Å². The zero-order valence-corrected chi connectivity index (χ0v) is 16.4. The summed E-state index contributed by atoms with van der Waals surface area (Å²) >= 11 is 6.03. The summed E-state index contributed by atoms with van der Waals surface area (Å²) in [7, 11) is 0. The Morgan fingerprint density at radius 2 is 1.12 bits per heavy atom. The van der Waals surface area contributed by atoms with E-state index in [1.165, 1.54) is 0 Å². The number of nitrogens with zero attached hydrogens (tertiary/aromatic N) is 2. The van der Waals surface area contributed by atoms with Crippen LogP contribution < -0.4 is 0 Å². The fourth-order valence-electron chi connectivity index (χ4n) is 2.50. The molecule has 0 unspecified atom stereocenters. The second-order valence-electron chi connectivity index (χ2n) is 5.89. The molecule has 3 rings (SSSR count). The topological polar surface area (TPSA) is 123 Å². The van der Waals surface area contributed by atoms with Crippen molar-refractivity contribution in [2.24, 2.45) is 0 Å². The van der Waals surface area contributed by atoms with Crippen LogP contribution in [0, 0.1) is 20.2 Å². The maximum atomic E-state index is 11.0. The highest BCUT2D eigenvalue weighted by molar-refractivity contribution is 9.10. The molecular weight excluding hydrogens is 484 g/mol. The first kappa shape index (κ1) is 19.6. The van der Waals surface area contributed by atoms with Gasteiger partial charge in [-0.2, -0.15) is 0 Å². The fourth-order valence-corrected chi connectivity index (χ4v) is 3.03. The lowest BCUT2D eigenvalue weighted by atomic mass is 10.1. The van der Waals surface area contributed by atoms with E-state index >= 15 is 0 Å². The zero-order chi connectivity index (χ0) is 18.9.